The van der Waals surface area contributed by atoms with Crippen molar-refractivity contribution in [1.82, 2.24) is 9.78 Å². The van der Waals surface area contributed by atoms with Crippen molar-refractivity contribution in [3.05, 3.63) is 46.7 Å². The molecule has 0 amide bonds. The number of anilines is 1. The third kappa shape index (κ3) is 2.36. The number of nitrogens with one attached hydrogen (secondary N) is 1. The van der Waals surface area contributed by atoms with Gasteiger partial charge in [-0.15, -0.1) is 0 Å². The van der Waals surface area contributed by atoms with Gasteiger partial charge < -0.3 is 5.32 Å². The van der Waals surface area contributed by atoms with Crippen molar-refractivity contribution in [2.45, 2.75) is 13.5 Å². The van der Waals surface area contributed by atoms with Gasteiger partial charge >= 0.3 is 0 Å². The first-order valence-electron chi connectivity index (χ1n) is 5.14. The van der Waals surface area contributed by atoms with Crippen LogP contribution in [0, 0.1) is 6.92 Å². The highest BCUT2D eigenvalue weighted by Crippen LogP contribution is 2.20. The molecule has 0 atom stereocenters. The normalized spacial score (nSPS) is 10.4. The Balaban J connectivity index is 2.08. The molecule has 0 aliphatic rings. The lowest BCUT2D eigenvalue weighted by molar-refractivity contribution is 0.720. The van der Waals surface area contributed by atoms with E-state index in [4.69, 9.17) is 11.6 Å². The maximum atomic E-state index is 5.90. The van der Waals surface area contributed by atoms with Gasteiger partial charge in [0, 0.05) is 24.0 Å². The zero-order valence-electron chi connectivity index (χ0n) is 9.37. The van der Waals surface area contributed by atoms with E-state index in [0.717, 1.165) is 28.5 Å². The summed E-state index contributed by atoms with van der Waals surface area (Å²) in [4.78, 5) is 0. The van der Waals surface area contributed by atoms with Gasteiger partial charge in [-0.1, -0.05) is 11.6 Å². The molecule has 16 heavy (non-hydrogen) atoms. The molecule has 2 rings (SSSR count). The van der Waals surface area contributed by atoms with Crippen LogP contribution in [0.4, 0.5) is 5.69 Å². The zero-order chi connectivity index (χ0) is 11.5. The van der Waals surface area contributed by atoms with Crippen molar-refractivity contribution in [2.75, 3.05) is 5.32 Å². The molecule has 0 bridgehead atoms. The minimum absolute atomic E-state index is 0.763. The maximum absolute atomic E-state index is 5.90. The first-order chi connectivity index (χ1) is 7.66. The van der Waals surface area contributed by atoms with Crippen LogP contribution in [0.5, 0.6) is 0 Å². The number of aryl methyl sites for hydroxylation is 2. The quantitative estimate of drug-likeness (QED) is 0.887. The molecular formula is C12H14ClN3. The molecule has 0 saturated heterocycles. The van der Waals surface area contributed by atoms with Gasteiger partial charge in [0.2, 0.25) is 0 Å². The van der Waals surface area contributed by atoms with Crippen molar-refractivity contribution in [3.8, 4) is 0 Å². The molecule has 2 aromatic rings. The molecule has 0 aliphatic carbocycles. The van der Waals surface area contributed by atoms with Gasteiger partial charge in [0.1, 0.15) is 0 Å². The van der Waals surface area contributed by atoms with Gasteiger partial charge in [-0.3, -0.25) is 4.68 Å². The number of rotatable bonds is 3. The Morgan fingerprint density at radius 1 is 1.38 bits per heavy atom. The highest BCUT2D eigenvalue weighted by molar-refractivity contribution is 6.30. The van der Waals surface area contributed by atoms with Crippen LogP contribution in [0.25, 0.3) is 0 Å². The molecule has 1 aromatic heterocycles. The molecule has 0 spiro atoms. The summed E-state index contributed by atoms with van der Waals surface area (Å²) in [5.41, 5.74) is 3.40. The zero-order valence-corrected chi connectivity index (χ0v) is 10.1. The van der Waals surface area contributed by atoms with Gasteiger partial charge in [-0.25, -0.2) is 0 Å². The summed E-state index contributed by atoms with van der Waals surface area (Å²) < 4.78 is 1.86. The monoisotopic (exact) mass is 235 g/mol. The van der Waals surface area contributed by atoms with Crippen molar-refractivity contribution in [3.63, 3.8) is 0 Å². The highest BCUT2D eigenvalue weighted by Gasteiger charge is 2.01. The molecule has 0 fully saturated rings. The van der Waals surface area contributed by atoms with E-state index < -0.39 is 0 Å². The van der Waals surface area contributed by atoms with Gasteiger partial charge in [0.05, 0.1) is 12.2 Å². The average Bonchev–Trinajstić information content (AvgIpc) is 2.63. The molecule has 0 saturated carbocycles. The van der Waals surface area contributed by atoms with E-state index in [0.29, 0.717) is 0 Å². The predicted molar refractivity (Wildman–Crippen MR) is 66.7 cm³/mol. The SMILES string of the molecule is Cc1cc(Cl)ccc1NCc1ccnn1C. The Kier molecular flexibility index (Phi) is 3.15. The summed E-state index contributed by atoms with van der Waals surface area (Å²) >= 11 is 5.90. The van der Waals surface area contributed by atoms with Crippen molar-refractivity contribution in [1.29, 1.82) is 0 Å². The fourth-order valence-corrected chi connectivity index (χ4v) is 1.81. The topological polar surface area (TPSA) is 29.9 Å². The van der Waals surface area contributed by atoms with Gasteiger partial charge in [0.25, 0.3) is 0 Å². The number of nitrogens with zero attached hydrogens (tertiary/aromatic N) is 2. The van der Waals surface area contributed by atoms with Crippen LogP contribution in [-0.4, -0.2) is 9.78 Å². The summed E-state index contributed by atoms with van der Waals surface area (Å²) in [6, 6.07) is 7.83. The average molecular weight is 236 g/mol. The molecule has 1 N–H and O–H groups in total. The molecule has 0 radical (unpaired) electrons. The van der Waals surface area contributed by atoms with Crippen LogP contribution in [0.1, 0.15) is 11.3 Å². The fourth-order valence-electron chi connectivity index (χ4n) is 1.59. The summed E-state index contributed by atoms with van der Waals surface area (Å²) in [5.74, 6) is 0. The Morgan fingerprint density at radius 3 is 2.81 bits per heavy atom. The first kappa shape index (κ1) is 11.0. The molecular weight excluding hydrogens is 222 g/mol. The van der Waals surface area contributed by atoms with E-state index >= 15 is 0 Å². The minimum atomic E-state index is 0.763. The standard InChI is InChI=1S/C12H14ClN3/c1-9-7-10(13)3-4-12(9)14-8-11-5-6-15-16(11)2/h3-7,14H,8H2,1-2H3. The van der Waals surface area contributed by atoms with Crippen LogP contribution < -0.4 is 5.32 Å². The third-order valence-electron chi connectivity index (χ3n) is 2.57. The van der Waals surface area contributed by atoms with Crippen LogP contribution in [0.15, 0.2) is 30.5 Å². The van der Waals surface area contributed by atoms with Crippen LogP contribution in [-0.2, 0) is 13.6 Å². The lowest BCUT2D eigenvalue weighted by atomic mass is 10.2. The third-order valence-corrected chi connectivity index (χ3v) is 2.81. The van der Waals surface area contributed by atoms with Crippen LogP contribution in [0.3, 0.4) is 0 Å². The number of aromatic nitrogens is 2. The smallest absolute Gasteiger partial charge is 0.0571 e. The van der Waals surface area contributed by atoms with Crippen molar-refractivity contribution < 1.29 is 0 Å². The number of halogens is 1. The molecule has 1 aromatic carbocycles. The lowest BCUT2D eigenvalue weighted by Gasteiger charge is -2.09. The van der Waals surface area contributed by atoms with E-state index in [1.54, 1.807) is 6.20 Å². The van der Waals surface area contributed by atoms with Crippen molar-refractivity contribution in [2.24, 2.45) is 7.05 Å². The highest BCUT2D eigenvalue weighted by atomic mass is 35.5. The molecule has 1 heterocycles. The Morgan fingerprint density at radius 2 is 2.19 bits per heavy atom. The summed E-state index contributed by atoms with van der Waals surface area (Å²) in [5, 5.41) is 8.25. The summed E-state index contributed by atoms with van der Waals surface area (Å²) in [7, 11) is 1.94. The second-order valence-corrected chi connectivity index (χ2v) is 4.20. The Labute approximate surface area is 100 Å². The minimum Gasteiger partial charge on any atom is -0.379 e. The molecule has 0 aliphatic heterocycles. The molecule has 4 heteroatoms. The number of hydrogen-bond donors (Lipinski definition) is 1. The van der Waals surface area contributed by atoms with Crippen LogP contribution >= 0.6 is 11.6 Å². The van der Waals surface area contributed by atoms with E-state index in [2.05, 4.69) is 10.4 Å². The maximum Gasteiger partial charge on any atom is 0.0571 e. The van der Waals surface area contributed by atoms with Crippen LogP contribution in [0.2, 0.25) is 5.02 Å². The Bertz CT molecular complexity index is 491. The van der Waals surface area contributed by atoms with E-state index in [1.165, 1.54) is 0 Å². The number of benzene rings is 1. The second-order valence-electron chi connectivity index (χ2n) is 3.76. The van der Waals surface area contributed by atoms with Gasteiger partial charge in [0.15, 0.2) is 0 Å². The molecule has 3 nitrogen and oxygen atoms in total. The lowest BCUT2D eigenvalue weighted by Crippen LogP contribution is -2.06. The summed E-state index contributed by atoms with van der Waals surface area (Å²) in [6.45, 7) is 2.80. The second kappa shape index (κ2) is 4.58. The van der Waals surface area contributed by atoms with E-state index in [1.807, 2.05) is 42.9 Å². The first-order valence-corrected chi connectivity index (χ1v) is 5.51. The molecule has 84 valence electrons. The predicted octanol–water partition coefficient (Wildman–Crippen LogP) is 2.99. The fraction of sp³-hybridized carbons (Fsp3) is 0.250. The summed E-state index contributed by atoms with van der Waals surface area (Å²) in [6.07, 6.45) is 1.80. The molecule has 0 unspecified atom stereocenters. The number of hydrogen-bond acceptors (Lipinski definition) is 2. The van der Waals surface area contributed by atoms with Gasteiger partial charge in [-0.2, -0.15) is 5.10 Å². The van der Waals surface area contributed by atoms with E-state index in [-0.39, 0.29) is 0 Å². The van der Waals surface area contributed by atoms with E-state index in [9.17, 15) is 0 Å². The van der Waals surface area contributed by atoms with Gasteiger partial charge in [-0.05, 0) is 36.8 Å². The largest absolute Gasteiger partial charge is 0.379 e. The Hall–Kier alpha value is -1.48. The van der Waals surface area contributed by atoms with Crippen molar-refractivity contribution >= 4 is 17.3 Å².